The Hall–Kier alpha value is -1.46. The Morgan fingerprint density at radius 1 is 1.45 bits per heavy atom. The number of hydrogen-bond acceptors (Lipinski definition) is 4. The Morgan fingerprint density at radius 3 is 3.00 bits per heavy atom. The number of fused-ring (bicyclic) bond motifs is 1. The number of benzene rings is 1. The van der Waals surface area contributed by atoms with Crippen LogP contribution in [0.3, 0.4) is 0 Å². The molecule has 1 aromatic rings. The van der Waals surface area contributed by atoms with Crippen LogP contribution >= 0.6 is 0 Å². The first kappa shape index (κ1) is 13.5. The molecule has 0 aliphatic carbocycles. The zero-order valence-corrected chi connectivity index (χ0v) is 11.9. The number of non-ortho nitro benzene ring substituents is 1. The summed E-state index contributed by atoms with van der Waals surface area (Å²) in [7, 11) is 0. The molecular formula is C15H21N3O2. The molecule has 1 saturated heterocycles. The number of nitro benzene ring substituents is 1. The third-order valence-electron chi connectivity index (χ3n) is 4.55. The molecule has 1 unspecified atom stereocenters. The van der Waals surface area contributed by atoms with Gasteiger partial charge in [0.15, 0.2) is 0 Å². The average Bonchev–Trinajstić information content (AvgIpc) is 2.84. The van der Waals surface area contributed by atoms with Gasteiger partial charge in [0.05, 0.1) is 4.92 Å². The Morgan fingerprint density at radius 2 is 2.30 bits per heavy atom. The Balaban J connectivity index is 1.73. The van der Waals surface area contributed by atoms with E-state index in [-0.39, 0.29) is 10.6 Å². The van der Waals surface area contributed by atoms with E-state index >= 15 is 0 Å². The minimum Gasteiger partial charge on any atom is -0.316 e. The van der Waals surface area contributed by atoms with Crippen molar-refractivity contribution in [2.24, 2.45) is 5.41 Å². The van der Waals surface area contributed by atoms with Gasteiger partial charge in [0.25, 0.3) is 5.69 Å². The molecule has 0 radical (unpaired) electrons. The number of nitrogens with one attached hydrogen (secondary N) is 1. The van der Waals surface area contributed by atoms with Crippen molar-refractivity contribution in [1.82, 2.24) is 10.2 Å². The Kier molecular flexibility index (Phi) is 3.48. The maximum atomic E-state index is 10.9. The highest BCUT2D eigenvalue weighted by atomic mass is 16.6. The van der Waals surface area contributed by atoms with Crippen molar-refractivity contribution >= 4 is 5.69 Å². The molecule has 5 heteroatoms. The quantitative estimate of drug-likeness (QED) is 0.676. The van der Waals surface area contributed by atoms with Crippen LogP contribution in [0.2, 0.25) is 0 Å². The lowest BCUT2D eigenvalue weighted by molar-refractivity contribution is -0.385. The molecule has 2 aliphatic heterocycles. The van der Waals surface area contributed by atoms with Crippen LogP contribution in [-0.2, 0) is 13.0 Å². The number of rotatable bonds is 3. The summed E-state index contributed by atoms with van der Waals surface area (Å²) in [6.45, 7) is 7.47. The molecule has 1 N–H and O–H groups in total. The lowest BCUT2D eigenvalue weighted by atomic mass is 9.88. The van der Waals surface area contributed by atoms with E-state index in [1.807, 2.05) is 6.07 Å². The fourth-order valence-corrected chi connectivity index (χ4v) is 3.39. The molecule has 20 heavy (non-hydrogen) atoms. The van der Waals surface area contributed by atoms with Crippen LogP contribution in [0.4, 0.5) is 5.69 Å². The summed E-state index contributed by atoms with van der Waals surface area (Å²) < 4.78 is 0. The van der Waals surface area contributed by atoms with Crippen LogP contribution in [0, 0.1) is 15.5 Å². The monoisotopic (exact) mass is 275 g/mol. The van der Waals surface area contributed by atoms with Gasteiger partial charge in [-0.1, -0.05) is 13.0 Å². The van der Waals surface area contributed by atoms with E-state index in [9.17, 15) is 10.1 Å². The molecule has 3 rings (SSSR count). The summed E-state index contributed by atoms with van der Waals surface area (Å²) in [6.07, 6.45) is 2.21. The van der Waals surface area contributed by atoms with E-state index in [0.29, 0.717) is 5.41 Å². The van der Waals surface area contributed by atoms with Crippen LogP contribution < -0.4 is 5.32 Å². The molecule has 5 nitrogen and oxygen atoms in total. The van der Waals surface area contributed by atoms with E-state index in [1.54, 1.807) is 12.1 Å². The minimum absolute atomic E-state index is 0.208. The van der Waals surface area contributed by atoms with Crippen LogP contribution in [0.5, 0.6) is 0 Å². The van der Waals surface area contributed by atoms with Crippen LogP contribution in [0.25, 0.3) is 0 Å². The summed E-state index contributed by atoms with van der Waals surface area (Å²) in [5.74, 6) is 0. The van der Waals surface area contributed by atoms with Crippen molar-refractivity contribution in [2.75, 3.05) is 26.2 Å². The summed E-state index contributed by atoms with van der Waals surface area (Å²) in [5, 5.41) is 14.3. The lowest BCUT2D eigenvalue weighted by Crippen LogP contribution is -2.40. The third-order valence-corrected chi connectivity index (χ3v) is 4.55. The summed E-state index contributed by atoms with van der Waals surface area (Å²) in [5.41, 5.74) is 2.94. The minimum atomic E-state index is -0.304. The predicted octanol–water partition coefficient (Wildman–Crippen LogP) is 1.95. The molecule has 0 bridgehead atoms. The van der Waals surface area contributed by atoms with Gasteiger partial charge < -0.3 is 5.32 Å². The summed E-state index contributed by atoms with van der Waals surface area (Å²) in [4.78, 5) is 13.0. The van der Waals surface area contributed by atoms with Gasteiger partial charge in [0.2, 0.25) is 0 Å². The van der Waals surface area contributed by atoms with Gasteiger partial charge in [0.1, 0.15) is 0 Å². The molecule has 0 amide bonds. The van der Waals surface area contributed by atoms with Crippen molar-refractivity contribution in [3.63, 3.8) is 0 Å². The molecule has 108 valence electrons. The zero-order chi connectivity index (χ0) is 14.2. The second-order valence-corrected chi connectivity index (χ2v) is 6.41. The highest BCUT2D eigenvalue weighted by Crippen LogP contribution is 2.29. The van der Waals surface area contributed by atoms with Crippen molar-refractivity contribution in [3.8, 4) is 0 Å². The molecule has 0 aromatic heterocycles. The number of hydrogen-bond donors (Lipinski definition) is 1. The highest BCUT2D eigenvalue weighted by Gasteiger charge is 2.31. The third kappa shape index (κ3) is 2.69. The van der Waals surface area contributed by atoms with Gasteiger partial charge in [-0.25, -0.2) is 0 Å². The van der Waals surface area contributed by atoms with Crippen LogP contribution in [0.15, 0.2) is 18.2 Å². The maximum Gasteiger partial charge on any atom is 0.269 e. The average molecular weight is 275 g/mol. The van der Waals surface area contributed by atoms with E-state index in [0.717, 1.165) is 44.7 Å². The van der Waals surface area contributed by atoms with Crippen molar-refractivity contribution < 1.29 is 4.92 Å². The van der Waals surface area contributed by atoms with E-state index in [4.69, 9.17) is 0 Å². The first-order valence-electron chi connectivity index (χ1n) is 7.25. The first-order valence-corrected chi connectivity index (χ1v) is 7.25. The molecule has 0 spiro atoms. The Labute approximate surface area is 119 Å². The molecule has 0 saturated carbocycles. The van der Waals surface area contributed by atoms with E-state index in [1.165, 1.54) is 12.0 Å². The topological polar surface area (TPSA) is 58.4 Å². The number of nitrogens with zero attached hydrogens (tertiary/aromatic N) is 2. The molecule has 1 fully saturated rings. The van der Waals surface area contributed by atoms with Crippen LogP contribution in [-0.4, -0.2) is 36.0 Å². The second-order valence-electron chi connectivity index (χ2n) is 6.41. The molecule has 2 heterocycles. The SMILES string of the molecule is CC1(CN2CCc3ccc([N+](=O)[O-])cc3C2)CCNC1. The highest BCUT2D eigenvalue weighted by molar-refractivity contribution is 5.41. The van der Waals surface area contributed by atoms with E-state index in [2.05, 4.69) is 17.1 Å². The zero-order valence-electron chi connectivity index (χ0n) is 11.9. The van der Waals surface area contributed by atoms with Crippen LogP contribution in [0.1, 0.15) is 24.5 Å². The van der Waals surface area contributed by atoms with E-state index < -0.39 is 0 Å². The second kappa shape index (κ2) is 5.14. The lowest BCUT2D eigenvalue weighted by Gasteiger charge is -2.35. The molecule has 1 atom stereocenters. The van der Waals surface area contributed by atoms with Gasteiger partial charge in [-0.3, -0.25) is 15.0 Å². The predicted molar refractivity (Wildman–Crippen MR) is 77.7 cm³/mol. The normalized spacial score (nSPS) is 26.4. The van der Waals surface area contributed by atoms with Gasteiger partial charge in [0, 0.05) is 38.3 Å². The maximum absolute atomic E-state index is 10.9. The molecule has 1 aromatic carbocycles. The van der Waals surface area contributed by atoms with Crippen molar-refractivity contribution in [2.45, 2.75) is 26.3 Å². The smallest absolute Gasteiger partial charge is 0.269 e. The summed E-state index contributed by atoms with van der Waals surface area (Å²) >= 11 is 0. The summed E-state index contributed by atoms with van der Waals surface area (Å²) in [6, 6.07) is 5.29. The molecule has 2 aliphatic rings. The van der Waals surface area contributed by atoms with Gasteiger partial charge in [-0.2, -0.15) is 0 Å². The van der Waals surface area contributed by atoms with Crippen molar-refractivity contribution in [1.29, 1.82) is 0 Å². The fourth-order valence-electron chi connectivity index (χ4n) is 3.39. The Bertz CT molecular complexity index is 524. The first-order chi connectivity index (χ1) is 9.56. The van der Waals surface area contributed by atoms with Gasteiger partial charge >= 0.3 is 0 Å². The standard InChI is InChI=1S/C15H21N3O2/c1-15(5-6-16-10-15)11-17-7-4-12-2-3-14(18(19)20)8-13(12)9-17/h2-3,8,16H,4-7,9-11H2,1H3. The van der Waals surface area contributed by atoms with Gasteiger partial charge in [-0.15, -0.1) is 0 Å². The number of nitro groups is 1. The van der Waals surface area contributed by atoms with Gasteiger partial charge in [-0.05, 0) is 35.9 Å². The largest absolute Gasteiger partial charge is 0.316 e. The molecular weight excluding hydrogens is 254 g/mol. The fraction of sp³-hybridized carbons (Fsp3) is 0.600. The van der Waals surface area contributed by atoms with Crippen molar-refractivity contribution in [3.05, 3.63) is 39.4 Å².